The number of pyridine rings is 1. The molecule has 0 aliphatic carbocycles. The number of benzene rings is 1. The molecule has 2 rings (SSSR count). The largest absolute Gasteiger partial charge is 0.430 e. The minimum absolute atomic E-state index is 0.0602. The number of aryl methyl sites for hydroxylation is 2. The van der Waals surface area contributed by atoms with Gasteiger partial charge in [0.1, 0.15) is 11.6 Å². The van der Waals surface area contributed by atoms with Crippen LogP contribution < -0.4 is 4.74 Å². The van der Waals surface area contributed by atoms with Crippen LogP contribution in [0.2, 0.25) is 0 Å². The van der Waals surface area contributed by atoms with Crippen LogP contribution in [0.5, 0.6) is 11.6 Å². The van der Waals surface area contributed by atoms with E-state index in [2.05, 4.69) is 4.98 Å². The van der Waals surface area contributed by atoms with E-state index < -0.39 is 4.92 Å². The Balaban J connectivity index is 2.54. The van der Waals surface area contributed by atoms with Crippen LogP contribution in [0, 0.1) is 35.3 Å². The Labute approximate surface area is 115 Å². The van der Waals surface area contributed by atoms with Gasteiger partial charge in [-0.1, -0.05) is 6.07 Å². The molecule has 1 aromatic carbocycles. The average molecular weight is 269 g/mol. The summed E-state index contributed by atoms with van der Waals surface area (Å²) in [6.45, 7) is 3.48. The van der Waals surface area contributed by atoms with Crippen LogP contribution in [-0.4, -0.2) is 9.91 Å². The molecule has 100 valence electrons. The number of nitro benzene ring substituents is 1. The topological polar surface area (TPSA) is 89.0 Å². The predicted octanol–water partition coefficient (Wildman–Crippen LogP) is 3.27. The maximum atomic E-state index is 11.1. The minimum Gasteiger partial charge on any atom is -0.430 e. The number of nitrogens with zero attached hydrogens (tertiary/aromatic N) is 3. The van der Waals surface area contributed by atoms with E-state index in [-0.39, 0.29) is 22.9 Å². The lowest BCUT2D eigenvalue weighted by atomic mass is 10.1. The Bertz CT molecular complexity index is 720. The molecule has 0 saturated heterocycles. The molecule has 0 atom stereocenters. The van der Waals surface area contributed by atoms with Crippen molar-refractivity contribution in [2.24, 2.45) is 0 Å². The summed E-state index contributed by atoms with van der Waals surface area (Å²) in [5.74, 6) is 0.167. The van der Waals surface area contributed by atoms with Crippen molar-refractivity contribution in [1.29, 1.82) is 5.26 Å². The number of hydrogen-bond donors (Lipinski definition) is 0. The summed E-state index contributed by atoms with van der Waals surface area (Å²) in [5.41, 5.74) is 1.47. The number of rotatable bonds is 3. The van der Waals surface area contributed by atoms with Crippen molar-refractivity contribution in [3.05, 3.63) is 57.3 Å². The van der Waals surface area contributed by atoms with Crippen LogP contribution in [0.15, 0.2) is 30.5 Å². The first-order valence-corrected chi connectivity index (χ1v) is 5.81. The third-order valence-corrected chi connectivity index (χ3v) is 2.69. The van der Waals surface area contributed by atoms with Crippen LogP contribution in [0.3, 0.4) is 0 Å². The van der Waals surface area contributed by atoms with Gasteiger partial charge in [0.25, 0.3) is 0 Å². The van der Waals surface area contributed by atoms with Gasteiger partial charge in [-0.25, -0.2) is 4.98 Å². The van der Waals surface area contributed by atoms with Crippen molar-refractivity contribution in [2.75, 3.05) is 0 Å². The van der Waals surface area contributed by atoms with E-state index in [9.17, 15) is 10.1 Å². The molecular weight excluding hydrogens is 258 g/mol. The van der Waals surface area contributed by atoms with Gasteiger partial charge in [0, 0.05) is 12.3 Å². The second-order valence-electron chi connectivity index (χ2n) is 4.26. The van der Waals surface area contributed by atoms with Gasteiger partial charge in [0.2, 0.25) is 11.6 Å². The molecule has 0 aliphatic heterocycles. The smallest absolute Gasteiger partial charge is 0.312 e. The molecule has 6 nitrogen and oxygen atoms in total. The molecule has 0 radical (unpaired) electrons. The Morgan fingerprint density at radius 1 is 1.40 bits per heavy atom. The van der Waals surface area contributed by atoms with Gasteiger partial charge in [-0.3, -0.25) is 10.1 Å². The minimum atomic E-state index is -0.510. The second-order valence-corrected chi connectivity index (χ2v) is 4.26. The molecule has 0 N–H and O–H groups in total. The lowest BCUT2D eigenvalue weighted by molar-refractivity contribution is -0.385. The molecule has 0 unspecified atom stereocenters. The molecular formula is C14H11N3O3. The van der Waals surface area contributed by atoms with Gasteiger partial charge in [0.05, 0.1) is 4.92 Å². The van der Waals surface area contributed by atoms with E-state index in [1.54, 1.807) is 26.0 Å². The highest BCUT2D eigenvalue weighted by Crippen LogP contribution is 2.35. The van der Waals surface area contributed by atoms with Gasteiger partial charge in [0.15, 0.2) is 0 Å². The number of nitriles is 1. The average Bonchev–Trinajstić information content (AvgIpc) is 2.41. The highest BCUT2D eigenvalue weighted by Gasteiger charge is 2.20. The third-order valence-electron chi connectivity index (χ3n) is 2.69. The van der Waals surface area contributed by atoms with Crippen LogP contribution in [0.1, 0.15) is 16.7 Å². The van der Waals surface area contributed by atoms with E-state index in [0.29, 0.717) is 5.56 Å². The maximum Gasteiger partial charge on any atom is 0.312 e. The fourth-order valence-corrected chi connectivity index (χ4v) is 1.85. The SMILES string of the molecule is Cc1cc(C)c(Oc2ncccc2C#N)c([N+](=O)[O-])c1. The van der Waals surface area contributed by atoms with Crippen LogP contribution in [-0.2, 0) is 0 Å². The zero-order chi connectivity index (χ0) is 14.7. The van der Waals surface area contributed by atoms with Crippen molar-refractivity contribution in [2.45, 2.75) is 13.8 Å². The molecule has 6 heteroatoms. The number of aromatic nitrogens is 1. The molecule has 0 saturated carbocycles. The Kier molecular flexibility index (Phi) is 3.62. The zero-order valence-corrected chi connectivity index (χ0v) is 11.0. The van der Waals surface area contributed by atoms with Crippen LogP contribution in [0.4, 0.5) is 5.69 Å². The second kappa shape index (κ2) is 5.36. The Morgan fingerprint density at radius 2 is 2.15 bits per heavy atom. The number of ether oxygens (including phenoxy) is 1. The van der Waals surface area contributed by atoms with Crippen molar-refractivity contribution < 1.29 is 9.66 Å². The summed E-state index contributed by atoms with van der Waals surface area (Å²) in [6.07, 6.45) is 1.46. The van der Waals surface area contributed by atoms with Crippen molar-refractivity contribution in [3.8, 4) is 17.7 Å². The predicted molar refractivity (Wildman–Crippen MR) is 71.6 cm³/mol. The molecule has 2 aromatic rings. The van der Waals surface area contributed by atoms with Gasteiger partial charge in [-0.15, -0.1) is 0 Å². The van der Waals surface area contributed by atoms with E-state index in [1.807, 2.05) is 6.07 Å². The molecule has 1 aromatic heterocycles. The maximum absolute atomic E-state index is 11.1. The van der Waals surface area contributed by atoms with Crippen LogP contribution >= 0.6 is 0 Å². The highest BCUT2D eigenvalue weighted by molar-refractivity contribution is 5.55. The third kappa shape index (κ3) is 2.57. The lowest BCUT2D eigenvalue weighted by Crippen LogP contribution is -1.99. The molecule has 0 fully saturated rings. The monoisotopic (exact) mass is 269 g/mol. The Hall–Kier alpha value is -2.94. The van der Waals surface area contributed by atoms with E-state index >= 15 is 0 Å². The van der Waals surface area contributed by atoms with E-state index in [0.717, 1.165) is 5.56 Å². The zero-order valence-electron chi connectivity index (χ0n) is 11.0. The highest BCUT2D eigenvalue weighted by atomic mass is 16.6. The first-order chi connectivity index (χ1) is 9.52. The van der Waals surface area contributed by atoms with Gasteiger partial charge in [-0.05, 0) is 37.1 Å². The quantitative estimate of drug-likeness (QED) is 0.630. The van der Waals surface area contributed by atoms with Gasteiger partial charge < -0.3 is 4.74 Å². The number of hydrogen-bond acceptors (Lipinski definition) is 5. The fourth-order valence-electron chi connectivity index (χ4n) is 1.85. The fraction of sp³-hybridized carbons (Fsp3) is 0.143. The number of nitro groups is 1. The summed E-state index contributed by atoms with van der Waals surface area (Å²) in [4.78, 5) is 14.5. The first-order valence-electron chi connectivity index (χ1n) is 5.81. The van der Waals surface area contributed by atoms with Crippen molar-refractivity contribution in [1.82, 2.24) is 4.98 Å². The lowest BCUT2D eigenvalue weighted by Gasteiger charge is -2.10. The van der Waals surface area contributed by atoms with Crippen molar-refractivity contribution in [3.63, 3.8) is 0 Å². The summed E-state index contributed by atoms with van der Waals surface area (Å²) in [7, 11) is 0. The molecule has 0 aliphatic rings. The van der Waals surface area contributed by atoms with Crippen molar-refractivity contribution >= 4 is 5.69 Å². The Morgan fingerprint density at radius 3 is 2.80 bits per heavy atom. The molecule has 0 bridgehead atoms. The molecule has 1 heterocycles. The van der Waals surface area contributed by atoms with Crippen LogP contribution in [0.25, 0.3) is 0 Å². The molecule has 0 spiro atoms. The summed E-state index contributed by atoms with van der Waals surface area (Å²) >= 11 is 0. The molecule has 20 heavy (non-hydrogen) atoms. The first kappa shape index (κ1) is 13.5. The normalized spacial score (nSPS) is 9.85. The van der Waals surface area contributed by atoms with Gasteiger partial charge >= 0.3 is 5.69 Å². The summed E-state index contributed by atoms with van der Waals surface area (Å²) in [5, 5.41) is 20.1. The standard InChI is InChI=1S/C14H11N3O3/c1-9-6-10(2)13(12(7-9)17(18)19)20-14-11(8-15)4-3-5-16-14/h3-7H,1-2H3. The van der Waals surface area contributed by atoms with E-state index in [1.165, 1.54) is 18.3 Å². The van der Waals surface area contributed by atoms with Gasteiger partial charge in [-0.2, -0.15) is 5.26 Å². The summed E-state index contributed by atoms with van der Waals surface area (Å²) in [6, 6.07) is 8.28. The molecule has 0 amide bonds. The van der Waals surface area contributed by atoms with E-state index in [4.69, 9.17) is 10.00 Å². The summed E-state index contributed by atoms with van der Waals surface area (Å²) < 4.78 is 5.50.